The molecule has 0 aliphatic heterocycles. The van der Waals surface area contributed by atoms with E-state index in [1.165, 1.54) is 19.2 Å². The van der Waals surface area contributed by atoms with Gasteiger partial charge < -0.3 is 9.15 Å². The van der Waals surface area contributed by atoms with Crippen LogP contribution < -0.4 is 15.9 Å². The zero-order chi connectivity index (χ0) is 27.1. The van der Waals surface area contributed by atoms with Crippen molar-refractivity contribution in [1.29, 1.82) is 0 Å². The number of hydrogen-bond acceptors (Lipinski definition) is 8. The molecule has 0 spiro atoms. The maximum Gasteiger partial charge on any atom is 0.294 e. The molecule has 11 nitrogen and oxygen atoms in total. The fourth-order valence-corrected chi connectivity index (χ4v) is 5.90. The van der Waals surface area contributed by atoms with Crippen LogP contribution in [0.15, 0.2) is 84.5 Å². The highest BCUT2D eigenvalue weighted by atomic mass is 32.2. The average Bonchev–Trinajstić information content (AvgIpc) is 2.87. The van der Waals surface area contributed by atoms with E-state index in [4.69, 9.17) is 9.15 Å². The molecule has 38 heavy (non-hydrogen) atoms. The first-order valence-corrected chi connectivity index (χ1v) is 13.7. The standard InChI is InChI=1S/C25H15NO10S2/c1-35-13-2-6-20-19(10-13)16-3-4-17-22-18(5-7-21(36-20)23(16)22)25(28)26(24(17)27)12-8-14(37(29,30)31)11-15(9-12)38(32,33)34/h2-11H,1H3,(H,29,30,31)(H,32,33,34). The summed E-state index contributed by atoms with van der Waals surface area (Å²) in [5, 5.41) is 2.33. The second kappa shape index (κ2) is 7.85. The minimum Gasteiger partial charge on any atom is -0.497 e. The van der Waals surface area contributed by atoms with Gasteiger partial charge in [0.1, 0.15) is 16.9 Å². The van der Waals surface area contributed by atoms with E-state index >= 15 is 0 Å². The van der Waals surface area contributed by atoms with Gasteiger partial charge in [-0.3, -0.25) is 18.7 Å². The van der Waals surface area contributed by atoms with Crippen LogP contribution in [-0.4, -0.2) is 37.6 Å². The Morgan fingerprint density at radius 3 is 1.82 bits per heavy atom. The van der Waals surface area contributed by atoms with E-state index in [2.05, 4.69) is 0 Å². The number of fused-ring (bicyclic) bond motifs is 2. The SMILES string of the molecule is COc1ccc2oc3ccc4c(=O)n(-c5cc(S(=O)(=O)O)cc(S(=O)(=O)O)c5)c(=O)c5ccc(c2c1)c3c45. The molecule has 192 valence electrons. The van der Waals surface area contributed by atoms with Gasteiger partial charge in [0, 0.05) is 26.9 Å². The van der Waals surface area contributed by atoms with Crippen LogP contribution in [0.3, 0.4) is 0 Å². The van der Waals surface area contributed by atoms with E-state index in [1.54, 1.807) is 30.3 Å². The van der Waals surface area contributed by atoms with Crippen molar-refractivity contribution in [3.63, 3.8) is 0 Å². The lowest BCUT2D eigenvalue weighted by atomic mass is 9.96. The molecule has 6 aromatic rings. The van der Waals surface area contributed by atoms with Gasteiger partial charge in [-0.15, -0.1) is 0 Å². The van der Waals surface area contributed by atoms with E-state index < -0.39 is 46.8 Å². The van der Waals surface area contributed by atoms with Gasteiger partial charge >= 0.3 is 0 Å². The molecular weight excluding hydrogens is 538 g/mol. The Morgan fingerprint density at radius 1 is 0.684 bits per heavy atom. The molecule has 2 heterocycles. The van der Waals surface area contributed by atoms with Crippen molar-refractivity contribution in [1.82, 2.24) is 4.57 Å². The number of nitrogens with zero attached hydrogens (tertiary/aromatic N) is 1. The lowest BCUT2D eigenvalue weighted by molar-refractivity contribution is 0.415. The summed E-state index contributed by atoms with van der Waals surface area (Å²) in [7, 11) is -8.43. The minimum absolute atomic E-state index is 0.0702. The van der Waals surface area contributed by atoms with Crippen LogP contribution in [0, 0.1) is 0 Å². The van der Waals surface area contributed by atoms with Crippen LogP contribution >= 0.6 is 0 Å². The van der Waals surface area contributed by atoms with Gasteiger partial charge in [-0.05, 0) is 60.0 Å². The monoisotopic (exact) mass is 553 g/mol. The number of hydrogen-bond donors (Lipinski definition) is 2. The Hall–Kier alpha value is -4.30. The number of rotatable bonds is 4. The van der Waals surface area contributed by atoms with Gasteiger partial charge in [-0.2, -0.15) is 16.8 Å². The number of methoxy groups -OCH3 is 1. The lowest BCUT2D eigenvalue weighted by Gasteiger charge is -2.15. The molecule has 0 unspecified atom stereocenters. The fraction of sp³-hybridized carbons (Fsp3) is 0.0400. The van der Waals surface area contributed by atoms with Crippen molar-refractivity contribution in [3.05, 3.63) is 81.4 Å². The molecule has 0 aliphatic carbocycles. The Kier molecular flexibility index (Phi) is 4.97. The van der Waals surface area contributed by atoms with E-state index in [1.807, 2.05) is 0 Å². The third kappa shape index (κ3) is 3.48. The number of ether oxygens (including phenoxy) is 1. The summed E-state index contributed by atoms with van der Waals surface area (Å²) < 4.78 is 78.1. The van der Waals surface area contributed by atoms with E-state index in [0.29, 0.717) is 49.1 Å². The summed E-state index contributed by atoms with van der Waals surface area (Å²) >= 11 is 0. The highest BCUT2D eigenvalue weighted by molar-refractivity contribution is 7.86. The predicted molar refractivity (Wildman–Crippen MR) is 138 cm³/mol. The molecule has 2 aromatic heterocycles. The summed E-state index contributed by atoms with van der Waals surface area (Å²) in [6, 6.07) is 13.4. The predicted octanol–water partition coefficient (Wildman–Crippen LogP) is 3.34. The lowest BCUT2D eigenvalue weighted by Crippen LogP contribution is -2.32. The molecule has 4 aromatic carbocycles. The number of aromatic nitrogens is 1. The van der Waals surface area contributed by atoms with Gasteiger partial charge in [0.2, 0.25) is 0 Å². The quantitative estimate of drug-likeness (QED) is 0.187. The van der Waals surface area contributed by atoms with E-state index in [0.717, 1.165) is 12.1 Å². The second-order valence-corrected chi connectivity index (χ2v) is 11.4. The zero-order valence-electron chi connectivity index (χ0n) is 19.2. The number of benzene rings is 4. The molecule has 0 saturated heterocycles. The molecule has 0 amide bonds. The highest BCUT2D eigenvalue weighted by Gasteiger charge is 2.23. The normalized spacial score (nSPS) is 12.7. The molecule has 0 saturated carbocycles. The fourth-order valence-electron chi connectivity index (χ4n) is 4.74. The molecule has 0 aliphatic rings. The highest BCUT2D eigenvalue weighted by Crippen LogP contribution is 2.38. The van der Waals surface area contributed by atoms with Crippen molar-refractivity contribution < 1.29 is 35.1 Å². The first-order valence-electron chi connectivity index (χ1n) is 10.8. The third-order valence-electron chi connectivity index (χ3n) is 6.40. The summed E-state index contributed by atoms with van der Waals surface area (Å²) in [4.78, 5) is 25.4. The first kappa shape index (κ1) is 24.1. The Bertz CT molecular complexity index is 2230. The number of pyridine rings is 1. The Morgan fingerprint density at radius 2 is 1.24 bits per heavy atom. The molecule has 0 fully saturated rings. The van der Waals surface area contributed by atoms with Gasteiger partial charge in [0.05, 0.1) is 22.6 Å². The summed E-state index contributed by atoms with van der Waals surface area (Å²) in [6.07, 6.45) is 0. The summed E-state index contributed by atoms with van der Waals surface area (Å²) in [5.41, 5.74) is -1.27. The molecule has 6 rings (SSSR count). The zero-order valence-corrected chi connectivity index (χ0v) is 20.8. The van der Waals surface area contributed by atoms with Crippen LogP contribution in [0.2, 0.25) is 0 Å². The van der Waals surface area contributed by atoms with Crippen molar-refractivity contribution in [3.8, 4) is 11.4 Å². The van der Waals surface area contributed by atoms with Gasteiger partial charge in [-0.25, -0.2) is 4.57 Å². The van der Waals surface area contributed by atoms with Crippen LogP contribution in [0.1, 0.15) is 0 Å². The van der Waals surface area contributed by atoms with Crippen LogP contribution in [0.5, 0.6) is 5.75 Å². The Balaban J connectivity index is 1.77. The van der Waals surface area contributed by atoms with Gasteiger partial charge in [-0.1, -0.05) is 6.07 Å². The average molecular weight is 554 g/mol. The summed E-state index contributed by atoms with van der Waals surface area (Å²) in [6.45, 7) is 0. The maximum absolute atomic E-state index is 13.6. The van der Waals surface area contributed by atoms with Crippen LogP contribution in [0.25, 0.3) is 49.2 Å². The smallest absolute Gasteiger partial charge is 0.294 e. The maximum atomic E-state index is 13.6. The van der Waals surface area contributed by atoms with Crippen molar-refractivity contribution in [2.75, 3.05) is 7.11 Å². The second-order valence-electron chi connectivity index (χ2n) is 8.54. The topological polar surface area (TPSA) is 170 Å². The minimum atomic E-state index is -4.98. The van der Waals surface area contributed by atoms with Crippen LogP contribution in [-0.2, 0) is 20.2 Å². The van der Waals surface area contributed by atoms with E-state index in [-0.39, 0.29) is 10.8 Å². The molecule has 13 heteroatoms. The van der Waals surface area contributed by atoms with Crippen LogP contribution in [0.4, 0.5) is 0 Å². The van der Waals surface area contributed by atoms with E-state index in [9.17, 15) is 35.5 Å². The molecule has 0 atom stereocenters. The Labute approximate surface area is 212 Å². The largest absolute Gasteiger partial charge is 0.497 e. The third-order valence-corrected chi connectivity index (χ3v) is 8.07. The van der Waals surface area contributed by atoms with Crippen molar-refractivity contribution in [2.45, 2.75) is 9.79 Å². The van der Waals surface area contributed by atoms with Gasteiger partial charge in [0.25, 0.3) is 31.4 Å². The summed E-state index contributed by atoms with van der Waals surface area (Å²) in [5.74, 6) is 0.572. The molecule has 0 bridgehead atoms. The molecular formula is C25H15NO10S2. The van der Waals surface area contributed by atoms with Crippen molar-refractivity contribution >= 4 is 63.7 Å². The molecule has 2 N–H and O–H groups in total. The molecule has 0 radical (unpaired) electrons. The van der Waals surface area contributed by atoms with Crippen molar-refractivity contribution in [2.24, 2.45) is 0 Å². The first-order chi connectivity index (χ1) is 17.9. The van der Waals surface area contributed by atoms with Gasteiger partial charge in [0.15, 0.2) is 0 Å².